The number of pyridine rings is 2. The van der Waals surface area contributed by atoms with E-state index in [-0.39, 0.29) is 5.75 Å². The predicted molar refractivity (Wildman–Crippen MR) is 81.4 cm³/mol. The van der Waals surface area contributed by atoms with Gasteiger partial charge in [-0.05, 0) is 40.2 Å². The smallest absolute Gasteiger partial charge is 0.165 e. The van der Waals surface area contributed by atoms with E-state index >= 15 is 0 Å². The van der Waals surface area contributed by atoms with E-state index in [1.807, 2.05) is 6.07 Å². The molecule has 0 amide bonds. The Balaban J connectivity index is 2.09. The summed E-state index contributed by atoms with van der Waals surface area (Å²) in [5.41, 5.74) is 1.25. The molecule has 20 heavy (non-hydrogen) atoms. The van der Waals surface area contributed by atoms with Crippen molar-refractivity contribution in [1.29, 1.82) is 0 Å². The molecule has 0 unspecified atom stereocenters. The van der Waals surface area contributed by atoms with Crippen LogP contribution in [0.4, 0.5) is 4.39 Å². The third kappa shape index (κ3) is 2.66. The van der Waals surface area contributed by atoms with Crippen LogP contribution in [0.3, 0.4) is 0 Å². The van der Waals surface area contributed by atoms with Crippen LogP contribution in [0.1, 0.15) is 0 Å². The van der Waals surface area contributed by atoms with Crippen LogP contribution in [-0.2, 0) is 0 Å². The van der Waals surface area contributed by atoms with Gasteiger partial charge in [-0.1, -0.05) is 15.9 Å². The average Bonchev–Trinajstić information content (AvgIpc) is 2.43. The molecule has 0 fully saturated rings. The average molecular weight is 398 g/mol. The van der Waals surface area contributed by atoms with Crippen molar-refractivity contribution in [2.75, 3.05) is 0 Å². The molecule has 0 saturated carbocycles. The van der Waals surface area contributed by atoms with Crippen molar-refractivity contribution in [3.8, 4) is 11.5 Å². The molecular weight excluding hydrogens is 391 g/mol. The lowest BCUT2D eigenvalue weighted by atomic mass is 10.3. The molecule has 2 aromatic heterocycles. The Kier molecular flexibility index (Phi) is 3.67. The summed E-state index contributed by atoms with van der Waals surface area (Å²) in [5.74, 6) is 0.159. The fourth-order valence-electron chi connectivity index (χ4n) is 1.74. The van der Waals surface area contributed by atoms with E-state index in [1.165, 1.54) is 6.07 Å². The molecule has 0 aliphatic rings. The zero-order valence-electron chi connectivity index (χ0n) is 9.98. The van der Waals surface area contributed by atoms with Crippen LogP contribution in [0.25, 0.3) is 11.0 Å². The number of hydrogen-bond donors (Lipinski definition) is 0. The van der Waals surface area contributed by atoms with Crippen molar-refractivity contribution in [2.45, 2.75) is 0 Å². The molecule has 0 aliphatic carbocycles. The zero-order chi connectivity index (χ0) is 14.1. The van der Waals surface area contributed by atoms with Gasteiger partial charge in [0.25, 0.3) is 0 Å². The minimum Gasteiger partial charge on any atom is -0.452 e. The van der Waals surface area contributed by atoms with Crippen LogP contribution < -0.4 is 4.74 Å². The summed E-state index contributed by atoms with van der Waals surface area (Å²) in [6, 6.07) is 8.01. The van der Waals surface area contributed by atoms with Crippen molar-refractivity contribution in [1.82, 2.24) is 9.97 Å². The lowest BCUT2D eigenvalue weighted by Crippen LogP contribution is -1.92. The molecular formula is C14H7Br2FN2O. The van der Waals surface area contributed by atoms with E-state index < -0.39 is 5.82 Å². The van der Waals surface area contributed by atoms with Crippen LogP contribution >= 0.6 is 31.9 Å². The first kappa shape index (κ1) is 13.5. The first-order valence-corrected chi connectivity index (χ1v) is 7.25. The van der Waals surface area contributed by atoms with Gasteiger partial charge in [0.1, 0.15) is 5.52 Å². The first-order valence-electron chi connectivity index (χ1n) is 5.66. The van der Waals surface area contributed by atoms with Crippen LogP contribution in [0.5, 0.6) is 11.5 Å². The minimum absolute atomic E-state index is 0.136. The maximum absolute atomic E-state index is 13.7. The SMILES string of the molecule is Fc1ccc(Br)cc1Oc1ccnc2cc(Br)cnc12. The maximum atomic E-state index is 13.7. The molecule has 0 N–H and O–H groups in total. The molecule has 100 valence electrons. The van der Waals surface area contributed by atoms with Gasteiger partial charge in [0.15, 0.2) is 17.3 Å². The number of aromatic nitrogens is 2. The van der Waals surface area contributed by atoms with Gasteiger partial charge in [-0.2, -0.15) is 0 Å². The Morgan fingerprint density at radius 2 is 1.80 bits per heavy atom. The molecule has 2 heterocycles. The normalized spacial score (nSPS) is 10.8. The maximum Gasteiger partial charge on any atom is 0.165 e. The van der Waals surface area contributed by atoms with Gasteiger partial charge in [-0.15, -0.1) is 0 Å². The molecule has 1 aromatic carbocycles. The van der Waals surface area contributed by atoms with Crippen LogP contribution in [-0.4, -0.2) is 9.97 Å². The second kappa shape index (κ2) is 5.46. The van der Waals surface area contributed by atoms with Crippen LogP contribution in [0.2, 0.25) is 0 Å². The van der Waals surface area contributed by atoms with Gasteiger partial charge in [-0.25, -0.2) is 9.37 Å². The number of rotatable bonds is 2. The van der Waals surface area contributed by atoms with Gasteiger partial charge < -0.3 is 4.74 Å². The Labute approximate surface area is 131 Å². The largest absolute Gasteiger partial charge is 0.452 e. The Morgan fingerprint density at radius 3 is 2.65 bits per heavy atom. The molecule has 6 heteroatoms. The molecule has 3 rings (SSSR count). The van der Waals surface area contributed by atoms with Gasteiger partial charge >= 0.3 is 0 Å². The van der Waals surface area contributed by atoms with Crippen molar-refractivity contribution < 1.29 is 9.13 Å². The minimum atomic E-state index is -0.435. The highest BCUT2D eigenvalue weighted by molar-refractivity contribution is 9.10. The lowest BCUT2D eigenvalue weighted by molar-refractivity contribution is 0.445. The van der Waals surface area contributed by atoms with Crippen LogP contribution in [0.15, 0.2) is 51.7 Å². The number of fused-ring (bicyclic) bond motifs is 1. The molecule has 0 atom stereocenters. The van der Waals surface area contributed by atoms with E-state index in [0.717, 1.165) is 8.95 Å². The Hall–Kier alpha value is -1.53. The zero-order valence-corrected chi connectivity index (χ0v) is 13.2. The summed E-state index contributed by atoms with van der Waals surface area (Å²) >= 11 is 6.62. The van der Waals surface area contributed by atoms with E-state index in [2.05, 4.69) is 41.8 Å². The third-order valence-electron chi connectivity index (χ3n) is 2.62. The summed E-state index contributed by atoms with van der Waals surface area (Å²) in [7, 11) is 0. The molecule has 0 saturated heterocycles. The van der Waals surface area contributed by atoms with Crippen molar-refractivity contribution >= 4 is 42.9 Å². The van der Waals surface area contributed by atoms with Gasteiger partial charge in [0.2, 0.25) is 0 Å². The van der Waals surface area contributed by atoms with Gasteiger partial charge in [0, 0.05) is 27.4 Å². The molecule has 3 aromatic rings. The number of halogens is 3. The van der Waals surface area contributed by atoms with E-state index in [1.54, 1.807) is 30.6 Å². The number of nitrogens with zero attached hydrogens (tertiary/aromatic N) is 2. The highest BCUT2D eigenvalue weighted by atomic mass is 79.9. The highest BCUT2D eigenvalue weighted by Crippen LogP contribution is 2.31. The lowest BCUT2D eigenvalue weighted by Gasteiger charge is -2.09. The molecule has 0 aliphatic heterocycles. The summed E-state index contributed by atoms with van der Waals surface area (Å²) in [6.45, 7) is 0. The van der Waals surface area contributed by atoms with Gasteiger partial charge in [-0.3, -0.25) is 4.98 Å². The fraction of sp³-hybridized carbons (Fsp3) is 0. The standard InChI is InChI=1S/C14H7Br2FN2O/c15-8-1-2-10(17)13(6-8)20-12-3-4-18-11-5-9(16)7-19-14(11)12/h1-7H. The van der Waals surface area contributed by atoms with Crippen molar-refractivity contribution in [3.63, 3.8) is 0 Å². The molecule has 0 radical (unpaired) electrons. The number of benzene rings is 1. The topological polar surface area (TPSA) is 35.0 Å². The second-order valence-electron chi connectivity index (χ2n) is 4.01. The monoisotopic (exact) mass is 396 g/mol. The number of ether oxygens (including phenoxy) is 1. The number of hydrogen-bond acceptors (Lipinski definition) is 3. The Morgan fingerprint density at radius 1 is 0.950 bits per heavy atom. The fourth-order valence-corrected chi connectivity index (χ4v) is 2.40. The third-order valence-corrected chi connectivity index (χ3v) is 3.55. The second-order valence-corrected chi connectivity index (χ2v) is 5.84. The van der Waals surface area contributed by atoms with Crippen molar-refractivity contribution in [2.24, 2.45) is 0 Å². The van der Waals surface area contributed by atoms with E-state index in [4.69, 9.17) is 4.74 Å². The predicted octanol–water partition coefficient (Wildman–Crippen LogP) is 5.09. The van der Waals surface area contributed by atoms with E-state index in [9.17, 15) is 4.39 Å². The van der Waals surface area contributed by atoms with Crippen molar-refractivity contribution in [3.05, 3.63) is 57.5 Å². The van der Waals surface area contributed by atoms with E-state index in [0.29, 0.717) is 16.8 Å². The quantitative estimate of drug-likeness (QED) is 0.604. The summed E-state index contributed by atoms with van der Waals surface area (Å²) in [4.78, 5) is 8.47. The Bertz CT molecular complexity index is 795. The van der Waals surface area contributed by atoms with Gasteiger partial charge in [0.05, 0.1) is 5.52 Å². The summed E-state index contributed by atoms with van der Waals surface area (Å²) in [5, 5.41) is 0. The molecule has 3 nitrogen and oxygen atoms in total. The molecule has 0 bridgehead atoms. The summed E-state index contributed by atoms with van der Waals surface area (Å²) in [6.07, 6.45) is 3.25. The first-order chi connectivity index (χ1) is 9.63. The molecule has 0 spiro atoms. The van der Waals surface area contributed by atoms with Crippen LogP contribution in [0, 0.1) is 5.82 Å². The highest BCUT2D eigenvalue weighted by Gasteiger charge is 2.10. The summed E-state index contributed by atoms with van der Waals surface area (Å²) < 4.78 is 20.9.